The van der Waals surface area contributed by atoms with Gasteiger partial charge in [-0.1, -0.05) is 63.7 Å². The van der Waals surface area contributed by atoms with Crippen LogP contribution in [0.4, 0.5) is 0 Å². The van der Waals surface area contributed by atoms with Crippen LogP contribution in [0, 0.1) is 0 Å². The molecule has 2 saturated heterocycles. The minimum Gasteiger partial charge on any atom is -0.459 e. The van der Waals surface area contributed by atoms with Gasteiger partial charge in [0, 0.05) is 25.0 Å². The first-order valence-corrected chi connectivity index (χ1v) is 21.2. The van der Waals surface area contributed by atoms with Crippen molar-refractivity contribution in [3.8, 4) is 0 Å². The molecule has 0 unspecified atom stereocenters. The fourth-order valence-corrected chi connectivity index (χ4v) is 7.31. The molecular formula is C41H36Br4O15. The van der Waals surface area contributed by atoms with E-state index in [4.69, 9.17) is 37.9 Å². The third-order valence-corrected chi connectivity index (χ3v) is 11.5. The highest BCUT2D eigenvalue weighted by Crippen LogP contribution is 2.35. The molecule has 19 heteroatoms. The Morgan fingerprint density at radius 1 is 0.517 bits per heavy atom. The van der Waals surface area contributed by atoms with E-state index in [1.165, 1.54) is 55.6 Å². The third-order valence-electron chi connectivity index (χ3n) is 9.36. The van der Waals surface area contributed by atoms with Gasteiger partial charge in [-0.3, -0.25) is 0 Å². The summed E-state index contributed by atoms with van der Waals surface area (Å²) in [5, 5.41) is 32.5. The summed E-state index contributed by atoms with van der Waals surface area (Å²) in [5.74, 6) is -3.65. The zero-order valence-corrected chi connectivity index (χ0v) is 37.5. The number of aliphatic hydroxyl groups excluding tert-OH is 3. The second-order valence-corrected chi connectivity index (χ2v) is 17.0. The number of carbonyl (C=O) groups excluding carboxylic acids is 4. The van der Waals surface area contributed by atoms with Gasteiger partial charge in [0.05, 0.1) is 28.9 Å². The molecule has 0 aliphatic carbocycles. The Balaban J connectivity index is 1.45. The molecule has 2 fully saturated rings. The first-order chi connectivity index (χ1) is 28.8. The minimum absolute atomic E-state index is 0.0384. The molecule has 0 bridgehead atoms. The fourth-order valence-electron chi connectivity index (χ4n) is 6.25. The summed E-state index contributed by atoms with van der Waals surface area (Å²) in [6.07, 6.45) is -16.5. The molecule has 0 amide bonds. The molecule has 0 radical (unpaired) electrons. The van der Waals surface area contributed by atoms with Crippen molar-refractivity contribution in [2.75, 3.05) is 20.3 Å². The van der Waals surface area contributed by atoms with Crippen molar-refractivity contribution >= 4 is 87.6 Å². The van der Waals surface area contributed by atoms with E-state index in [2.05, 4.69) is 63.7 Å². The second-order valence-electron chi connectivity index (χ2n) is 13.3. The predicted octanol–water partition coefficient (Wildman–Crippen LogP) is 5.77. The molecular weight excluding hydrogens is 1050 g/mol. The van der Waals surface area contributed by atoms with E-state index >= 15 is 0 Å². The number of ether oxygens (including phenoxy) is 8. The molecule has 3 N–H and O–H groups in total. The quantitative estimate of drug-likeness (QED) is 0.108. The number of methoxy groups -OCH3 is 1. The van der Waals surface area contributed by atoms with Crippen LogP contribution in [0.25, 0.3) is 0 Å². The average Bonchev–Trinajstić information content (AvgIpc) is 3.24. The Morgan fingerprint density at radius 3 is 1.32 bits per heavy atom. The lowest BCUT2D eigenvalue weighted by atomic mass is 9.96. The monoisotopic (exact) mass is 1080 g/mol. The number of benzene rings is 4. The van der Waals surface area contributed by atoms with Gasteiger partial charge in [0.2, 0.25) is 0 Å². The first kappa shape index (κ1) is 45.9. The molecule has 0 spiro atoms. The summed E-state index contributed by atoms with van der Waals surface area (Å²) in [5.41, 5.74) is 0.302. The van der Waals surface area contributed by atoms with Gasteiger partial charge in [0.1, 0.15) is 37.1 Å². The highest BCUT2D eigenvalue weighted by atomic mass is 79.9. The maximum absolute atomic E-state index is 14.0. The number of aliphatic hydroxyl groups is 3. The van der Waals surface area contributed by atoms with Gasteiger partial charge in [-0.05, 0) is 97.1 Å². The van der Waals surface area contributed by atoms with Crippen molar-refractivity contribution in [3.63, 3.8) is 0 Å². The number of halogens is 4. The molecule has 0 aromatic heterocycles. The van der Waals surface area contributed by atoms with Crippen LogP contribution in [0.3, 0.4) is 0 Å². The summed E-state index contributed by atoms with van der Waals surface area (Å²) in [7, 11) is 1.22. The standard InChI is InChI=1S/C41H36Br4O15/c1-53-40-31(48)30(47)32(28(18-46)55-40)60-41-35(59-39(52)23-8-16-27(45)17-9-23)34(58-38(51)22-6-14-26(44)15-7-22)33(57-37(50)21-4-12-25(43)13-5-21)29(56-41)19-54-36(49)20-2-10-24(42)11-3-20/h2-17,28-35,40-41,46-48H,18-19H2,1H3/t28-,29-,30-,31-,32-,33-,34+,35-,40+,41+/m1/s1. The zero-order chi connectivity index (χ0) is 43.1. The number of esters is 4. The molecule has 4 aromatic rings. The highest BCUT2D eigenvalue weighted by molar-refractivity contribution is 9.11. The number of carbonyl (C=O) groups is 4. The SMILES string of the molecule is CO[C@H]1O[C@H](CO)[C@@H](O[C@@H]2O[C@H](COC(=O)c3ccc(Br)cc3)[C@@H](OC(=O)c3ccc(Br)cc3)[C@H](OC(=O)c3ccc(Br)cc3)[C@H]2OC(=O)c2ccc(Br)cc2)[C@H](O)[C@H]1O. The number of rotatable bonds is 13. The van der Waals surface area contributed by atoms with E-state index in [1.54, 1.807) is 48.5 Å². The smallest absolute Gasteiger partial charge is 0.338 e. The normalized spacial score (nSPS) is 26.4. The lowest BCUT2D eigenvalue weighted by Crippen LogP contribution is -2.66. The van der Waals surface area contributed by atoms with Gasteiger partial charge in [-0.25, -0.2) is 19.2 Å². The fraction of sp³-hybridized carbons (Fsp3) is 0.317. The maximum atomic E-state index is 14.0. The van der Waals surface area contributed by atoms with E-state index in [9.17, 15) is 34.5 Å². The third kappa shape index (κ3) is 11.3. The summed E-state index contributed by atoms with van der Waals surface area (Å²) in [4.78, 5) is 55.2. The zero-order valence-electron chi connectivity index (χ0n) is 31.2. The molecule has 2 heterocycles. The molecule has 2 aliphatic heterocycles. The Labute approximate surface area is 376 Å². The molecule has 2 aliphatic rings. The Kier molecular flexibility index (Phi) is 16.1. The van der Waals surface area contributed by atoms with E-state index in [0.717, 1.165) is 0 Å². The Hall–Kier alpha value is -3.60. The summed E-state index contributed by atoms with van der Waals surface area (Å²) in [6, 6.07) is 24.5. The van der Waals surface area contributed by atoms with E-state index in [1.807, 2.05) is 0 Å². The first-order valence-electron chi connectivity index (χ1n) is 18.0. The van der Waals surface area contributed by atoms with Crippen LogP contribution in [0.15, 0.2) is 115 Å². The van der Waals surface area contributed by atoms with Crippen LogP contribution in [0.1, 0.15) is 41.4 Å². The molecule has 60 heavy (non-hydrogen) atoms. The van der Waals surface area contributed by atoms with Gasteiger partial charge in [0.15, 0.2) is 30.9 Å². The van der Waals surface area contributed by atoms with Gasteiger partial charge in [0.25, 0.3) is 0 Å². The van der Waals surface area contributed by atoms with Crippen molar-refractivity contribution in [1.29, 1.82) is 0 Å². The lowest BCUT2D eigenvalue weighted by Gasteiger charge is -2.47. The van der Waals surface area contributed by atoms with E-state index in [-0.39, 0.29) is 22.3 Å². The van der Waals surface area contributed by atoms with Crippen LogP contribution in [-0.2, 0) is 37.9 Å². The summed E-state index contributed by atoms with van der Waals surface area (Å²) < 4.78 is 49.9. The molecule has 15 nitrogen and oxygen atoms in total. The molecule has 10 atom stereocenters. The van der Waals surface area contributed by atoms with Crippen molar-refractivity contribution in [2.45, 2.75) is 61.4 Å². The Morgan fingerprint density at radius 2 is 0.900 bits per heavy atom. The van der Waals surface area contributed by atoms with Crippen molar-refractivity contribution in [1.82, 2.24) is 0 Å². The maximum Gasteiger partial charge on any atom is 0.338 e. The molecule has 0 saturated carbocycles. The number of hydrogen-bond acceptors (Lipinski definition) is 15. The van der Waals surface area contributed by atoms with Crippen LogP contribution in [0.5, 0.6) is 0 Å². The van der Waals surface area contributed by atoms with E-state index in [0.29, 0.717) is 17.9 Å². The van der Waals surface area contributed by atoms with Gasteiger partial charge >= 0.3 is 23.9 Å². The van der Waals surface area contributed by atoms with Crippen LogP contribution in [-0.4, -0.2) is 121 Å². The minimum atomic E-state index is -1.87. The molecule has 318 valence electrons. The van der Waals surface area contributed by atoms with Crippen LogP contribution in [0.2, 0.25) is 0 Å². The van der Waals surface area contributed by atoms with Gasteiger partial charge in [-0.2, -0.15) is 0 Å². The topological polar surface area (TPSA) is 203 Å². The Bertz CT molecular complexity index is 2100. The van der Waals surface area contributed by atoms with Crippen molar-refractivity contribution < 1.29 is 72.4 Å². The van der Waals surface area contributed by atoms with Crippen molar-refractivity contribution in [3.05, 3.63) is 137 Å². The van der Waals surface area contributed by atoms with Crippen LogP contribution < -0.4 is 0 Å². The summed E-state index contributed by atoms with van der Waals surface area (Å²) >= 11 is 13.3. The van der Waals surface area contributed by atoms with Gasteiger partial charge < -0.3 is 53.2 Å². The summed E-state index contributed by atoms with van der Waals surface area (Å²) in [6.45, 7) is -1.41. The predicted molar refractivity (Wildman–Crippen MR) is 223 cm³/mol. The molecule has 4 aromatic carbocycles. The lowest BCUT2D eigenvalue weighted by molar-refractivity contribution is -0.355. The molecule has 6 rings (SSSR count). The second kappa shape index (κ2) is 21.0. The number of hydrogen-bond donors (Lipinski definition) is 3. The van der Waals surface area contributed by atoms with E-state index < -0.39 is 98.5 Å². The highest BCUT2D eigenvalue weighted by Gasteiger charge is 2.56. The van der Waals surface area contributed by atoms with Crippen molar-refractivity contribution in [2.24, 2.45) is 0 Å². The van der Waals surface area contributed by atoms with Gasteiger partial charge in [-0.15, -0.1) is 0 Å². The van der Waals surface area contributed by atoms with Crippen LogP contribution >= 0.6 is 63.7 Å². The largest absolute Gasteiger partial charge is 0.459 e. The average molecular weight is 1090 g/mol.